The van der Waals surface area contributed by atoms with Gasteiger partial charge in [-0.1, -0.05) is 0 Å². The molecule has 0 aromatic carbocycles. The maximum atomic E-state index is 11.0. The van der Waals surface area contributed by atoms with Crippen LogP contribution in [0.2, 0.25) is 0 Å². The maximum Gasteiger partial charge on any atom is 0.0940 e. The van der Waals surface area contributed by atoms with Gasteiger partial charge in [-0.3, -0.25) is 0 Å². The molecule has 2 heteroatoms. The van der Waals surface area contributed by atoms with Gasteiger partial charge in [0.1, 0.15) is 0 Å². The zero-order valence-corrected chi connectivity index (χ0v) is 11.9. The second kappa shape index (κ2) is 3.83. The summed E-state index contributed by atoms with van der Waals surface area (Å²) in [6.07, 6.45) is 8.04. The fourth-order valence-corrected chi connectivity index (χ4v) is 6.51. The molecule has 0 amide bonds. The molecule has 4 aliphatic carbocycles. The summed E-state index contributed by atoms with van der Waals surface area (Å²) in [5.74, 6) is 2.77. The van der Waals surface area contributed by atoms with Gasteiger partial charge in [0.2, 0.25) is 0 Å². The topological polar surface area (TPSA) is 20.2 Å². The minimum atomic E-state index is -0.189. The fourth-order valence-electron chi connectivity index (χ4n) is 5.46. The van der Waals surface area contributed by atoms with E-state index < -0.39 is 0 Å². The highest BCUT2D eigenvalue weighted by Gasteiger charge is 2.54. The number of aryl methyl sites for hydroxylation is 1. The van der Waals surface area contributed by atoms with Crippen LogP contribution in [0.1, 0.15) is 55.1 Å². The van der Waals surface area contributed by atoms with Gasteiger partial charge < -0.3 is 5.11 Å². The predicted molar refractivity (Wildman–Crippen MR) is 74.6 cm³/mol. The molecular weight excluding hydrogens is 240 g/mol. The zero-order chi connectivity index (χ0) is 12.3. The summed E-state index contributed by atoms with van der Waals surface area (Å²) in [6, 6.07) is 2.16. The van der Waals surface area contributed by atoms with Crippen LogP contribution >= 0.6 is 11.3 Å². The van der Waals surface area contributed by atoms with Crippen LogP contribution < -0.4 is 0 Å². The molecule has 18 heavy (non-hydrogen) atoms. The second-order valence-corrected chi connectivity index (χ2v) is 8.10. The van der Waals surface area contributed by atoms with Gasteiger partial charge in [-0.25, -0.2) is 0 Å². The van der Waals surface area contributed by atoms with E-state index in [1.54, 1.807) is 11.3 Å². The third kappa shape index (κ3) is 1.55. The van der Waals surface area contributed by atoms with Crippen LogP contribution in [0.5, 0.6) is 0 Å². The Morgan fingerprint density at radius 3 is 2.17 bits per heavy atom. The van der Waals surface area contributed by atoms with E-state index in [-0.39, 0.29) is 11.5 Å². The molecule has 1 aromatic rings. The number of rotatable bonds is 2. The van der Waals surface area contributed by atoms with Crippen molar-refractivity contribution in [2.24, 2.45) is 23.2 Å². The van der Waals surface area contributed by atoms with Crippen molar-refractivity contribution in [3.63, 3.8) is 0 Å². The lowest BCUT2D eigenvalue weighted by molar-refractivity contribution is -0.121. The molecule has 0 aliphatic heterocycles. The summed E-state index contributed by atoms with van der Waals surface area (Å²) >= 11 is 1.76. The molecule has 0 saturated heterocycles. The minimum Gasteiger partial charge on any atom is -0.387 e. The van der Waals surface area contributed by atoms with Gasteiger partial charge in [0.25, 0.3) is 0 Å². The quantitative estimate of drug-likeness (QED) is 0.842. The highest BCUT2D eigenvalue weighted by Crippen LogP contribution is 2.64. The Morgan fingerprint density at radius 1 is 1.17 bits per heavy atom. The highest BCUT2D eigenvalue weighted by molar-refractivity contribution is 7.10. The maximum absolute atomic E-state index is 11.0. The minimum absolute atomic E-state index is 0.189. The Kier molecular flexibility index (Phi) is 2.44. The molecule has 1 N–H and O–H groups in total. The SMILES string of the molecule is Cc1ccsc1C(O)C12CC3CC(CC(C3)C1)C2. The van der Waals surface area contributed by atoms with E-state index >= 15 is 0 Å². The van der Waals surface area contributed by atoms with E-state index in [0.29, 0.717) is 0 Å². The molecule has 1 atom stereocenters. The standard InChI is InChI=1S/C16H22OS/c1-10-2-3-18-14(10)15(17)16-7-11-4-12(8-16)6-13(5-11)9-16/h2-3,11-13,15,17H,4-9H2,1H3. The van der Waals surface area contributed by atoms with Gasteiger partial charge in [-0.05, 0) is 80.2 Å². The Balaban J connectivity index is 1.69. The third-order valence-electron chi connectivity index (χ3n) is 5.82. The van der Waals surface area contributed by atoms with E-state index in [0.717, 1.165) is 17.8 Å². The molecule has 4 aliphatic rings. The first-order chi connectivity index (χ1) is 8.66. The number of aliphatic hydroxyl groups excluding tert-OH is 1. The van der Waals surface area contributed by atoms with Crippen molar-refractivity contribution in [1.82, 2.24) is 0 Å². The summed E-state index contributed by atoms with van der Waals surface area (Å²) in [6.45, 7) is 2.15. The summed E-state index contributed by atoms with van der Waals surface area (Å²) in [7, 11) is 0. The van der Waals surface area contributed by atoms with Crippen molar-refractivity contribution in [1.29, 1.82) is 0 Å². The predicted octanol–water partition coefficient (Wildman–Crippen LogP) is 4.31. The molecule has 4 saturated carbocycles. The van der Waals surface area contributed by atoms with Crippen LogP contribution in [-0.2, 0) is 0 Å². The lowest BCUT2D eigenvalue weighted by Crippen LogP contribution is -2.48. The Labute approximate surface area is 113 Å². The molecule has 4 bridgehead atoms. The fraction of sp³-hybridized carbons (Fsp3) is 0.750. The average Bonchev–Trinajstić information content (AvgIpc) is 2.72. The van der Waals surface area contributed by atoms with Crippen LogP contribution in [-0.4, -0.2) is 5.11 Å². The second-order valence-electron chi connectivity index (χ2n) is 7.15. The number of thiophene rings is 1. The molecule has 5 rings (SSSR count). The highest BCUT2D eigenvalue weighted by atomic mass is 32.1. The zero-order valence-electron chi connectivity index (χ0n) is 11.1. The van der Waals surface area contributed by atoms with Gasteiger partial charge in [-0.2, -0.15) is 0 Å². The monoisotopic (exact) mass is 262 g/mol. The van der Waals surface area contributed by atoms with Gasteiger partial charge >= 0.3 is 0 Å². The van der Waals surface area contributed by atoms with Crippen molar-refractivity contribution in [2.75, 3.05) is 0 Å². The van der Waals surface area contributed by atoms with E-state index in [1.807, 2.05) is 0 Å². The van der Waals surface area contributed by atoms with Crippen LogP contribution in [0, 0.1) is 30.1 Å². The van der Waals surface area contributed by atoms with Crippen LogP contribution in [0.4, 0.5) is 0 Å². The lowest BCUT2D eigenvalue weighted by atomic mass is 9.48. The molecule has 1 aromatic heterocycles. The average molecular weight is 262 g/mol. The van der Waals surface area contributed by atoms with Crippen LogP contribution in [0.15, 0.2) is 11.4 Å². The van der Waals surface area contributed by atoms with E-state index in [2.05, 4.69) is 18.4 Å². The summed E-state index contributed by atoms with van der Waals surface area (Å²) in [5, 5.41) is 13.1. The Morgan fingerprint density at radius 2 is 1.72 bits per heavy atom. The van der Waals surface area contributed by atoms with Crippen molar-refractivity contribution in [2.45, 2.75) is 51.6 Å². The Bertz CT molecular complexity index is 426. The van der Waals surface area contributed by atoms with Crippen molar-refractivity contribution in [3.8, 4) is 0 Å². The van der Waals surface area contributed by atoms with Crippen LogP contribution in [0.3, 0.4) is 0 Å². The van der Waals surface area contributed by atoms with Gasteiger partial charge in [0, 0.05) is 10.3 Å². The van der Waals surface area contributed by atoms with Gasteiger partial charge in [0.05, 0.1) is 6.10 Å². The molecule has 98 valence electrons. The van der Waals surface area contributed by atoms with E-state index in [1.165, 1.54) is 49.0 Å². The molecule has 1 nitrogen and oxygen atoms in total. The lowest BCUT2D eigenvalue weighted by Gasteiger charge is -2.58. The van der Waals surface area contributed by atoms with E-state index in [9.17, 15) is 5.11 Å². The number of hydrogen-bond acceptors (Lipinski definition) is 2. The van der Waals surface area contributed by atoms with Crippen molar-refractivity contribution < 1.29 is 5.11 Å². The molecule has 4 fully saturated rings. The van der Waals surface area contributed by atoms with Gasteiger partial charge in [0.15, 0.2) is 0 Å². The largest absolute Gasteiger partial charge is 0.387 e. The third-order valence-corrected chi connectivity index (χ3v) is 6.89. The smallest absolute Gasteiger partial charge is 0.0940 e. The Hall–Kier alpha value is -0.340. The van der Waals surface area contributed by atoms with Crippen molar-refractivity contribution >= 4 is 11.3 Å². The first kappa shape index (κ1) is 11.5. The first-order valence-electron chi connectivity index (χ1n) is 7.38. The summed E-state index contributed by atoms with van der Waals surface area (Å²) < 4.78 is 0. The number of hydrogen-bond donors (Lipinski definition) is 1. The first-order valence-corrected chi connectivity index (χ1v) is 8.26. The molecule has 0 spiro atoms. The van der Waals surface area contributed by atoms with Crippen molar-refractivity contribution in [3.05, 3.63) is 21.9 Å². The summed E-state index contributed by atoms with van der Waals surface area (Å²) in [4.78, 5) is 1.25. The van der Waals surface area contributed by atoms with Gasteiger partial charge in [-0.15, -0.1) is 11.3 Å². The molecule has 0 radical (unpaired) electrons. The normalized spacial score (nSPS) is 43.3. The van der Waals surface area contributed by atoms with E-state index in [4.69, 9.17) is 0 Å². The molecule has 1 unspecified atom stereocenters. The van der Waals surface area contributed by atoms with Crippen LogP contribution in [0.25, 0.3) is 0 Å². The molecular formula is C16H22OS. The summed E-state index contributed by atoms with van der Waals surface area (Å²) in [5.41, 5.74) is 1.54. The number of aliphatic hydroxyl groups is 1. The molecule has 1 heterocycles.